The van der Waals surface area contributed by atoms with Crippen LogP contribution in [0.25, 0.3) is 0 Å². The van der Waals surface area contributed by atoms with Gasteiger partial charge in [0.2, 0.25) is 0 Å². The van der Waals surface area contributed by atoms with Crippen LogP contribution in [0.5, 0.6) is 0 Å². The molecule has 1 atom stereocenters. The number of anilines is 1. The zero-order valence-corrected chi connectivity index (χ0v) is 13.9. The summed E-state index contributed by atoms with van der Waals surface area (Å²) in [4.78, 5) is 0. The van der Waals surface area contributed by atoms with Crippen LogP contribution in [0.3, 0.4) is 0 Å². The molecule has 0 saturated heterocycles. The maximum atomic E-state index is 3.64. The van der Waals surface area contributed by atoms with Crippen molar-refractivity contribution in [1.82, 2.24) is 5.32 Å². The lowest BCUT2D eigenvalue weighted by molar-refractivity contribution is 0.572. The van der Waals surface area contributed by atoms with Crippen molar-refractivity contribution in [3.8, 4) is 0 Å². The molecule has 2 aromatic rings. The second kappa shape index (κ2) is 6.63. The highest BCUT2D eigenvalue weighted by Gasteiger charge is 2.13. The Balaban J connectivity index is 1.72. The number of hydrogen-bond donors (Lipinski definition) is 2. The van der Waals surface area contributed by atoms with Gasteiger partial charge in [-0.2, -0.15) is 0 Å². The van der Waals surface area contributed by atoms with Crippen LogP contribution in [0, 0.1) is 0 Å². The van der Waals surface area contributed by atoms with Gasteiger partial charge in [0.15, 0.2) is 0 Å². The second-order valence-electron chi connectivity index (χ2n) is 5.61. The molecule has 1 heterocycles. The third-order valence-corrected chi connectivity index (χ3v) is 4.85. The number of rotatable bonds is 4. The molecular weight excluding hydrogens is 324 g/mol. The lowest BCUT2D eigenvalue weighted by Gasteiger charge is -2.23. The summed E-state index contributed by atoms with van der Waals surface area (Å²) >= 11 is 3.63. The fraction of sp³-hybridized carbons (Fsp3) is 0.333. The van der Waals surface area contributed by atoms with E-state index in [4.69, 9.17) is 0 Å². The zero-order valence-electron chi connectivity index (χ0n) is 12.3. The van der Waals surface area contributed by atoms with Gasteiger partial charge < -0.3 is 10.6 Å². The zero-order chi connectivity index (χ0) is 14.7. The molecule has 0 amide bonds. The highest BCUT2D eigenvalue weighted by Crippen LogP contribution is 2.27. The molecule has 1 aliphatic heterocycles. The normalized spacial score (nSPS) is 15.1. The molecule has 0 fully saturated rings. The second-order valence-corrected chi connectivity index (χ2v) is 6.46. The van der Waals surface area contributed by atoms with Crippen molar-refractivity contribution in [2.45, 2.75) is 32.4 Å². The van der Waals surface area contributed by atoms with Crippen LogP contribution >= 0.6 is 15.9 Å². The van der Waals surface area contributed by atoms with E-state index in [2.05, 4.69) is 76.0 Å². The Hall–Kier alpha value is -1.32. The lowest BCUT2D eigenvalue weighted by Crippen LogP contribution is -2.21. The lowest BCUT2D eigenvalue weighted by atomic mass is 9.99. The Labute approximate surface area is 135 Å². The predicted octanol–water partition coefficient (Wildman–Crippen LogP) is 4.66. The van der Waals surface area contributed by atoms with Gasteiger partial charge in [-0.15, -0.1) is 0 Å². The van der Waals surface area contributed by atoms with Crippen molar-refractivity contribution in [1.29, 1.82) is 0 Å². The maximum absolute atomic E-state index is 3.64. The quantitative estimate of drug-likeness (QED) is 0.842. The van der Waals surface area contributed by atoms with Gasteiger partial charge >= 0.3 is 0 Å². The fourth-order valence-corrected chi connectivity index (χ4v) is 3.56. The number of aryl methyl sites for hydroxylation is 1. The van der Waals surface area contributed by atoms with Gasteiger partial charge in [-0.1, -0.05) is 52.3 Å². The highest BCUT2D eigenvalue weighted by atomic mass is 79.9. The van der Waals surface area contributed by atoms with Crippen molar-refractivity contribution < 1.29 is 0 Å². The number of hydrogen-bond acceptors (Lipinski definition) is 2. The molecule has 110 valence electrons. The van der Waals surface area contributed by atoms with E-state index in [0.29, 0.717) is 6.04 Å². The molecule has 3 heteroatoms. The summed E-state index contributed by atoms with van der Waals surface area (Å²) in [5, 5.41) is 7.19. The Bertz CT molecular complexity index is 624. The Morgan fingerprint density at radius 2 is 2.05 bits per heavy atom. The fourth-order valence-electron chi connectivity index (χ4n) is 2.93. The molecule has 0 aromatic heterocycles. The smallest absolute Gasteiger partial charge is 0.0418 e. The molecule has 0 aliphatic carbocycles. The third kappa shape index (κ3) is 3.30. The molecule has 2 nitrogen and oxygen atoms in total. The minimum atomic E-state index is 0.319. The Kier molecular flexibility index (Phi) is 4.61. The molecule has 0 radical (unpaired) electrons. The van der Waals surface area contributed by atoms with Crippen LogP contribution in [0.1, 0.15) is 36.1 Å². The molecule has 2 aromatic carbocycles. The summed E-state index contributed by atoms with van der Waals surface area (Å²) in [5.74, 6) is 0. The van der Waals surface area contributed by atoms with Crippen LogP contribution < -0.4 is 10.6 Å². The number of para-hydroxylation sites is 1. The minimum Gasteiger partial charge on any atom is -0.385 e. The first-order chi connectivity index (χ1) is 10.3. The van der Waals surface area contributed by atoms with E-state index < -0.39 is 0 Å². The van der Waals surface area contributed by atoms with Gasteiger partial charge in [0.1, 0.15) is 0 Å². The molecule has 0 unspecified atom stereocenters. The molecule has 3 rings (SSSR count). The van der Waals surface area contributed by atoms with E-state index in [9.17, 15) is 0 Å². The molecule has 0 bridgehead atoms. The summed E-state index contributed by atoms with van der Waals surface area (Å²) in [6, 6.07) is 15.4. The summed E-state index contributed by atoms with van der Waals surface area (Å²) in [5.41, 5.74) is 5.46. The monoisotopic (exact) mass is 344 g/mol. The van der Waals surface area contributed by atoms with Crippen molar-refractivity contribution in [2.75, 3.05) is 11.9 Å². The number of halogens is 1. The van der Waals surface area contributed by atoms with Crippen LogP contribution in [-0.4, -0.2) is 6.54 Å². The van der Waals surface area contributed by atoms with E-state index in [0.717, 1.165) is 13.1 Å². The van der Waals surface area contributed by atoms with Gasteiger partial charge in [-0.25, -0.2) is 0 Å². The Morgan fingerprint density at radius 3 is 2.90 bits per heavy atom. The van der Waals surface area contributed by atoms with Crippen molar-refractivity contribution in [3.05, 3.63) is 63.6 Å². The van der Waals surface area contributed by atoms with Crippen molar-refractivity contribution in [2.24, 2.45) is 0 Å². The molecular formula is C18H21BrN2. The van der Waals surface area contributed by atoms with E-state index >= 15 is 0 Å². The topological polar surface area (TPSA) is 24.1 Å². The van der Waals surface area contributed by atoms with Crippen molar-refractivity contribution in [3.63, 3.8) is 0 Å². The SMILES string of the molecule is C[C@@H](NCc1cccc2c1NCCC2)c1ccccc1Br. The average molecular weight is 345 g/mol. The molecule has 0 saturated carbocycles. The number of nitrogens with one attached hydrogen (secondary N) is 2. The molecule has 0 spiro atoms. The van der Waals surface area contributed by atoms with E-state index in [-0.39, 0.29) is 0 Å². The summed E-state index contributed by atoms with van der Waals surface area (Å²) in [6.45, 7) is 4.19. The minimum absolute atomic E-state index is 0.319. The van der Waals surface area contributed by atoms with Crippen LogP contribution in [0.4, 0.5) is 5.69 Å². The van der Waals surface area contributed by atoms with Crippen LogP contribution in [-0.2, 0) is 13.0 Å². The number of fused-ring (bicyclic) bond motifs is 1. The third-order valence-electron chi connectivity index (χ3n) is 4.13. The van der Waals surface area contributed by atoms with Gasteiger partial charge in [-0.05, 0) is 42.5 Å². The first kappa shape index (κ1) is 14.6. The molecule has 2 N–H and O–H groups in total. The van der Waals surface area contributed by atoms with Crippen LogP contribution in [0.2, 0.25) is 0 Å². The first-order valence-electron chi connectivity index (χ1n) is 7.58. The van der Waals surface area contributed by atoms with Crippen molar-refractivity contribution >= 4 is 21.6 Å². The Morgan fingerprint density at radius 1 is 1.19 bits per heavy atom. The summed E-state index contributed by atoms with van der Waals surface area (Å²) < 4.78 is 1.17. The van der Waals surface area contributed by atoms with Gasteiger partial charge in [0.25, 0.3) is 0 Å². The largest absolute Gasteiger partial charge is 0.385 e. The number of benzene rings is 2. The van der Waals surface area contributed by atoms with E-state index in [1.807, 2.05) is 0 Å². The highest BCUT2D eigenvalue weighted by molar-refractivity contribution is 9.10. The van der Waals surface area contributed by atoms with Gasteiger partial charge in [-0.3, -0.25) is 0 Å². The van der Waals surface area contributed by atoms with E-state index in [1.165, 1.54) is 39.7 Å². The standard InChI is InChI=1S/C18H21BrN2/c1-13(16-9-2-3-10-17(16)19)21-12-15-7-4-6-14-8-5-11-20-18(14)15/h2-4,6-7,9-10,13,20-21H,5,8,11-12H2,1H3/t13-/m1/s1. The van der Waals surface area contributed by atoms with Crippen LogP contribution in [0.15, 0.2) is 46.9 Å². The first-order valence-corrected chi connectivity index (χ1v) is 8.37. The van der Waals surface area contributed by atoms with Gasteiger partial charge in [0, 0.05) is 29.3 Å². The summed E-state index contributed by atoms with van der Waals surface area (Å²) in [7, 11) is 0. The van der Waals surface area contributed by atoms with E-state index in [1.54, 1.807) is 0 Å². The molecule has 21 heavy (non-hydrogen) atoms. The predicted molar refractivity (Wildman–Crippen MR) is 92.6 cm³/mol. The average Bonchev–Trinajstić information content (AvgIpc) is 2.53. The maximum Gasteiger partial charge on any atom is 0.0418 e. The van der Waals surface area contributed by atoms with Gasteiger partial charge in [0.05, 0.1) is 0 Å². The summed E-state index contributed by atoms with van der Waals surface area (Å²) in [6.07, 6.45) is 2.42. The molecule has 1 aliphatic rings.